The molecule has 8 heteroatoms. The van der Waals surface area contributed by atoms with E-state index in [4.69, 9.17) is 9.47 Å². The highest BCUT2D eigenvalue weighted by Gasteiger charge is 2.09. The lowest BCUT2D eigenvalue weighted by Crippen LogP contribution is -1.99. The number of ether oxygens (including phenoxy) is 2. The first-order chi connectivity index (χ1) is 13.2. The van der Waals surface area contributed by atoms with Gasteiger partial charge >= 0.3 is 0 Å². The Bertz CT molecular complexity index is 1150. The van der Waals surface area contributed by atoms with Gasteiger partial charge in [-0.1, -0.05) is 11.6 Å². The molecule has 0 amide bonds. The second-order valence-corrected chi connectivity index (χ2v) is 5.99. The molecule has 136 valence electrons. The molecule has 0 spiro atoms. The fraction of sp³-hybridized carbons (Fsp3) is 0.158. The van der Waals surface area contributed by atoms with E-state index in [0.717, 1.165) is 27.5 Å². The molecule has 27 heavy (non-hydrogen) atoms. The van der Waals surface area contributed by atoms with Crippen LogP contribution < -0.4 is 14.9 Å². The molecule has 2 aromatic carbocycles. The van der Waals surface area contributed by atoms with Crippen LogP contribution in [0.15, 0.2) is 41.5 Å². The summed E-state index contributed by atoms with van der Waals surface area (Å²) in [6.45, 7) is 2.04. The molecule has 0 saturated carbocycles. The first-order valence-electron chi connectivity index (χ1n) is 8.32. The van der Waals surface area contributed by atoms with E-state index in [1.807, 2.05) is 37.3 Å². The van der Waals surface area contributed by atoms with Crippen LogP contribution in [0.3, 0.4) is 0 Å². The third kappa shape index (κ3) is 3.24. The van der Waals surface area contributed by atoms with Gasteiger partial charge in [-0.3, -0.25) is 0 Å². The first-order valence-corrected chi connectivity index (χ1v) is 8.32. The van der Waals surface area contributed by atoms with Crippen molar-refractivity contribution in [3.8, 4) is 11.5 Å². The number of rotatable bonds is 5. The van der Waals surface area contributed by atoms with Crippen LogP contribution >= 0.6 is 0 Å². The molecule has 0 aliphatic rings. The lowest BCUT2D eigenvalue weighted by Gasteiger charge is -2.07. The Balaban J connectivity index is 1.57. The molecule has 2 N–H and O–H groups in total. The number of hydrogen-bond donors (Lipinski definition) is 2. The Labute approximate surface area is 155 Å². The van der Waals surface area contributed by atoms with Crippen molar-refractivity contribution < 1.29 is 9.47 Å². The van der Waals surface area contributed by atoms with Gasteiger partial charge in [0.2, 0.25) is 0 Å². The lowest BCUT2D eigenvalue weighted by atomic mass is 10.2. The molecule has 0 saturated heterocycles. The van der Waals surface area contributed by atoms with Crippen LogP contribution in [0.2, 0.25) is 0 Å². The third-order valence-electron chi connectivity index (χ3n) is 4.16. The molecular weight excluding hydrogens is 344 g/mol. The quantitative estimate of drug-likeness (QED) is 0.418. The number of aromatic nitrogens is 4. The number of aromatic amines is 1. The summed E-state index contributed by atoms with van der Waals surface area (Å²) in [7, 11) is 3.19. The predicted octanol–water partition coefficient (Wildman–Crippen LogP) is 3.28. The lowest BCUT2D eigenvalue weighted by molar-refractivity contribution is 0.355. The minimum absolute atomic E-state index is 0.308. The maximum Gasteiger partial charge on any atom is 0.265 e. The Morgan fingerprint density at radius 2 is 1.89 bits per heavy atom. The molecule has 4 rings (SSSR count). The molecule has 0 aliphatic heterocycles. The van der Waals surface area contributed by atoms with Crippen LogP contribution in [0.4, 0.5) is 5.95 Å². The minimum Gasteiger partial charge on any atom is -0.493 e. The van der Waals surface area contributed by atoms with Gasteiger partial charge in [-0.15, -0.1) is 10.2 Å². The second kappa shape index (κ2) is 6.91. The topological polar surface area (TPSA) is 97.3 Å². The normalized spacial score (nSPS) is 11.4. The van der Waals surface area contributed by atoms with Crippen LogP contribution in [-0.2, 0) is 0 Å². The maximum atomic E-state index is 5.28. The monoisotopic (exact) mass is 362 g/mol. The molecule has 0 fully saturated rings. The van der Waals surface area contributed by atoms with Gasteiger partial charge in [-0.2, -0.15) is 10.1 Å². The van der Waals surface area contributed by atoms with E-state index in [1.165, 1.54) is 0 Å². The van der Waals surface area contributed by atoms with Crippen molar-refractivity contribution in [1.29, 1.82) is 0 Å². The molecule has 2 aromatic heterocycles. The van der Waals surface area contributed by atoms with Crippen molar-refractivity contribution in [2.24, 2.45) is 5.10 Å². The Morgan fingerprint density at radius 1 is 1.04 bits per heavy atom. The highest BCUT2D eigenvalue weighted by Crippen LogP contribution is 2.27. The van der Waals surface area contributed by atoms with Crippen LogP contribution in [0.25, 0.3) is 22.1 Å². The fourth-order valence-corrected chi connectivity index (χ4v) is 2.83. The SMILES string of the molecule is COc1ccc(/C=N\Nc2nnc3c(n2)[nH]c2ccc(C)cc23)cc1OC. The highest BCUT2D eigenvalue weighted by molar-refractivity contribution is 6.03. The largest absolute Gasteiger partial charge is 0.493 e. The summed E-state index contributed by atoms with van der Waals surface area (Å²) in [4.78, 5) is 7.68. The number of anilines is 1. The average molecular weight is 362 g/mol. The number of nitrogens with one attached hydrogen (secondary N) is 2. The van der Waals surface area contributed by atoms with Crippen molar-refractivity contribution in [1.82, 2.24) is 20.2 Å². The van der Waals surface area contributed by atoms with Crippen LogP contribution in [0.5, 0.6) is 11.5 Å². The number of fused-ring (bicyclic) bond motifs is 3. The number of aryl methyl sites for hydroxylation is 1. The van der Waals surface area contributed by atoms with Gasteiger partial charge < -0.3 is 14.5 Å². The number of H-pyrrole nitrogens is 1. The summed E-state index contributed by atoms with van der Waals surface area (Å²) in [5, 5.41) is 13.5. The number of methoxy groups -OCH3 is 2. The summed E-state index contributed by atoms with van der Waals surface area (Å²) >= 11 is 0. The van der Waals surface area contributed by atoms with E-state index in [-0.39, 0.29) is 0 Å². The van der Waals surface area contributed by atoms with Crippen molar-refractivity contribution in [2.75, 3.05) is 19.6 Å². The van der Waals surface area contributed by atoms with Crippen LogP contribution in [0, 0.1) is 6.92 Å². The molecule has 0 bridgehead atoms. The molecule has 0 atom stereocenters. The highest BCUT2D eigenvalue weighted by atomic mass is 16.5. The first kappa shape index (κ1) is 16.8. The summed E-state index contributed by atoms with van der Waals surface area (Å²) in [5.74, 6) is 1.60. The van der Waals surface area contributed by atoms with Gasteiger partial charge in [0.15, 0.2) is 17.1 Å². The van der Waals surface area contributed by atoms with E-state index in [9.17, 15) is 0 Å². The van der Waals surface area contributed by atoms with Gasteiger partial charge in [0.25, 0.3) is 5.95 Å². The summed E-state index contributed by atoms with van der Waals surface area (Å²) in [6.07, 6.45) is 1.64. The molecule has 0 radical (unpaired) electrons. The molecule has 8 nitrogen and oxygen atoms in total. The molecule has 2 heterocycles. The van der Waals surface area contributed by atoms with Crippen LogP contribution in [-0.4, -0.2) is 40.6 Å². The molecule has 0 unspecified atom stereocenters. The van der Waals surface area contributed by atoms with Crippen molar-refractivity contribution >= 4 is 34.2 Å². The summed E-state index contributed by atoms with van der Waals surface area (Å²) in [6, 6.07) is 11.6. The van der Waals surface area contributed by atoms with Gasteiger partial charge in [0.05, 0.1) is 20.4 Å². The number of benzene rings is 2. The van der Waals surface area contributed by atoms with Crippen molar-refractivity contribution in [3.63, 3.8) is 0 Å². The number of nitrogens with zero attached hydrogens (tertiary/aromatic N) is 4. The zero-order valence-electron chi connectivity index (χ0n) is 15.1. The van der Waals surface area contributed by atoms with E-state index in [2.05, 4.69) is 36.8 Å². The fourth-order valence-electron chi connectivity index (χ4n) is 2.83. The Kier molecular flexibility index (Phi) is 4.29. The number of hydrogen-bond acceptors (Lipinski definition) is 7. The minimum atomic E-state index is 0.308. The van der Waals surface area contributed by atoms with Gasteiger partial charge in [0, 0.05) is 10.9 Å². The van der Waals surface area contributed by atoms with Gasteiger partial charge in [-0.05, 0) is 42.8 Å². The Morgan fingerprint density at radius 3 is 2.70 bits per heavy atom. The van der Waals surface area contributed by atoms with Gasteiger partial charge in [0.1, 0.15) is 5.52 Å². The zero-order valence-corrected chi connectivity index (χ0v) is 15.1. The third-order valence-corrected chi connectivity index (χ3v) is 4.16. The smallest absolute Gasteiger partial charge is 0.265 e. The van der Waals surface area contributed by atoms with Gasteiger partial charge in [-0.25, -0.2) is 5.43 Å². The summed E-state index contributed by atoms with van der Waals surface area (Å²) < 4.78 is 10.5. The van der Waals surface area contributed by atoms with Crippen LogP contribution in [0.1, 0.15) is 11.1 Å². The molecule has 4 aromatic rings. The van der Waals surface area contributed by atoms with E-state index in [0.29, 0.717) is 23.1 Å². The summed E-state index contributed by atoms with van der Waals surface area (Å²) in [5.41, 5.74) is 7.18. The van der Waals surface area contributed by atoms with E-state index in [1.54, 1.807) is 20.4 Å². The predicted molar refractivity (Wildman–Crippen MR) is 105 cm³/mol. The average Bonchev–Trinajstić information content (AvgIpc) is 3.04. The van der Waals surface area contributed by atoms with E-state index >= 15 is 0 Å². The van der Waals surface area contributed by atoms with E-state index < -0.39 is 0 Å². The molecular formula is C19H18N6O2. The maximum absolute atomic E-state index is 5.28. The van der Waals surface area contributed by atoms with Crippen molar-refractivity contribution in [3.05, 3.63) is 47.5 Å². The number of hydrazone groups is 1. The second-order valence-electron chi connectivity index (χ2n) is 5.99. The standard InChI is InChI=1S/C19H18N6O2/c1-11-4-6-14-13(8-11)17-18(21-14)22-19(25-23-17)24-20-10-12-5-7-15(26-2)16(9-12)27-3/h4-10H,1-3H3,(H2,21,22,24,25)/b20-10-. The molecule has 0 aliphatic carbocycles. The van der Waals surface area contributed by atoms with Crippen molar-refractivity contribution in [2.45, 2.75) is 6.92 Å². The Hall–Kier alpha value is -3.68. The zero-order chi connectivity index (χ0) is 18.8.